The molecule has 9 heteroatoms. The van der Waals surface area contributed by atoms with E-state index in [0.29, 0.717) is 24.8 Å². The van der Waals surface area contributed by atoms with Crippen molar-refractivity contribution < 1.29 is 14.1 Å². The first-order valence-corrected chi connectivity index (χ1v) is 13.6. The minimum atomic E-state index is -0.131. The summed E-state index contributed by atoms with van der Waals surface area (Å²) in [5, 5.41) is 10.6. The van der Waals surface area contributed by atoms with Crippen LogP contribution in [0.15, 0.2) is 40.9 Å². The fraction of sp³-hybridized carbons (Fsp3) is 0.467. The summed E-state index contributed by atoms with van der Waals surface area (Å²) in [6.45, 7) is 11.1. The summed E-state index contributed by atoms with van der Waals surface area (Å²) >= 11 is 0. The van der Waals surface area contributed by atoms with Crippen LogP contribution >= 0.6 is 0 Å². The van der Waals surface area contributed by atoms with Crippen molar-refractivity contribution in [3.05, 3.63) is 64.5 Å². The van der Waals surface area contributed by atoms with E-state index >= 15 is 0 Å². The van der Waals surface area contributed by atoms with Gasteiger partial charge in [0.2, 0.25) is 23.5 Å². The lowest BCUT2D eigenvalue weighted by Gasteiger charge is -2.29. The van der Waals surface area contributed by atoms with Crippen LogP contribution in [0.3, 0.4) is 0 Å². The highest BCUT2D eigenvalue weighted by Gasteiger charge is 2.29. The molecule has 1 aromatic heterocycles. The maximum absolute atomic E-state index is 13.4. The first-order chi connectivity index (χ1) is 18.6. The highest BCUT2D eigenvalue weighted by atomic mass is 16.5. The third-order valence-corrected chi connectivity index (χ3v) is 7.41. The molecule has 1 aliphatic carbocycles. The summed E-state index contributed by atoms with van der Waals surface area (Å²) in [6, 6.07) is 12.5. The molecule has 39 heavy (non-hydrogen) atoms. The molecule has 2 aromatic carbocycles. The van der Waals surface area contributed by atoms with E-state index < -0.39 is 0 Å². The van der Waals surface area contributed by atoms with Crippen molar-refractivity contribution in [2.75, 3.05) is 38.5 Å². The van der Waals surface area contributed by atoms with Crippen LogP contribution in [0, 0.1) is 20.8 Å². The van der Waals surface area contributed by atoms with Gasteiger partial charge < -0.3 is 25.0 Å². The van der Waals surface area contributed by atoms with Gasteiger partial charge in [0, 0.05) is 50.4 Å². The molecule has 0 saturated heterocycles. The Morgan fingerprint density at radius 1 is 1.08 bits per heavy atom. The van der Waals surface area contributed by atoms with Crippen molar-refractivity contribution in [2.45, 2.75) is 59.5 Å². The molecule has 208 valence electrons. The number of aryl methyl sites for hydroxylation is 3. The van der Waals surface area contributed by atoms with Crippen molar-refractivity contribution in [2.24, 2.45) is 0 Å². The predicted molar refractivity (Wildman–Crippen MR) is 153 cm³/mol. The molecule has 0 spiro atoms. The topological polar surface area (TPSA) is 104 Å². The van der Waals surface area contributed by atoms with Crippen molar-refractivity contribution in [1.29, 1.82) is 0 Å². The predicted octanol–water partition coefficient (Wildman–Crippen LogP) is 3.53. The number of aromatic nitrogens is 2. The van der Waals surface area contributed by atoms with Gasteiger partial charge in [-0.15, -0.1) is 0 Å². The van der Waals surface area contributed by atoms with Crippen LogP contribution in [0.25, 0.3) is 11.4 Å². The number of benzene rings is 2. The molecule has 0 fully saturated rings. The van der Waals surface area contributed by atoms with Crippen LogP contribution < -0.4 is 10.6 Å². The number of amides is 2. The monoisotopic (exact) mass is 532 g/mol. The molecule has 4 rings (SSSR count). The van der Waals surface area contributed by atoms with Crippen LogP contribution in [0.5, 0.6) is 0 Å². The lowest BCUT2D eigenvalue weighted by Crippen LogP contribution is -2.48. The number of carbonyl (C=O) groups excluding carboxylic acids is 2. The molecule has 0 aliphatic heterocycles. The molecule has 1 unspecified atom stereocenters. The zero-order valence-electron chi connectivity index (χ0n) is 23.9. The van der Waals surface area contributed by atoms with E-state index in [1.54, 1.807) is 11.8 Å². The number of hydrogen-bond donors (Lipinski definition) is 2. The van der Waals surface area contributed by atoms with Gasteiger partial charge in [0.05, 0.1) is 13.1 Å². The summed E-state index contributed by atoms with van der Waals surface area (Å²) < 4.78 is 5.11. The number of rotatable bonds is 11. The van der Waals surface area contributed by atoms with Crippen molar-refractivity contribution in [3.8, 4) is 11.4 Å². The van der Waals surface area contributed by atoms with E-state index in [9.17, 15) is 9.59 Å². The number of nitrogens with one attached hydrogen (secondary N) is 2. The number of carbonyl (C=O) groups is 2. The SMILES string of the molecule is Cc1nc(-c2ccc(C)c(NCC(=O)N(CCNC(C)C)CC(=O)N(C)C3Cc4cccc(C)c4C3)c2)no1. The molecule has 9 nitrogen and oxygen atoms in total. The summed E-state index contributed by atoms with van der Waals surface area (Å²) in [7, 11) is 1.86. The lowest BCUT2D eigenvalue weighted by atomic mass is 10.1. The van der Waals surface area contributed by atoms with Crippen molar-refractivity contribution in [3.63, 3.8) is 0 Å². The number of anilines is 1. The Bertz CT molecular complexity index is 1320. The Balaban J connectivity index is 1.41. The van der Waals surface area contributed by atoms with Gasteiger partial charge in [-0.05, 0) is 55.0 Å². The quantitative estimate of drug-likeness (QED) is 0.389. The number of likely N-dealkylation sites (N-methyl/N-ethyl adjacent to an activating group) is 1. The Labute approximate surface area is 231 Å². The Morgan fingerprint density at radius 3 is 2.56 bits per heavy atom. The molecular formula is C30H40N6O3. The number of nitrogens with zero attached hydrogens (tertiary/aromatic N) is 4. The van der Waals surface area contributed by atoms with Crippen LogP contribution in [-0.4, -0.2) is 77.1 Å². The smallest absolute Gasteiger partial charge is 0.242 e. The summed E-state index contributed by atoms with van der Waals surface area (Å²) in [6.07, 6.45) is 1.70. The van der Waals surface area contributed by atoms with Gasteiger partial charge in [0.15, 0.2) is 0 Å². The van der Waals surface area contributed by atoms with Gasteiger partial charge in [-0.1, -0.05) is 49.3 Å². The standard InChI is InChI=1S/C30H40N6O3/c1-19(2)31-12-13-36(18-29(38)35(6)25-14-23-9-7-8-20(3)26(23)16-25)28(37)17-32-27-15-24(11-10-21(27)4)30-33-22(5)39-34-30/h7-11,15,19,25,31-32H,12-14,16-18H2,1-6H3. The second kappa shape index (κ2) is 12.4. The Kier molecular flexibility index (Phi) is 9.01. The molecule has 1 aliphatic rings. The second-order valence-corrected chi connectivity index (χ2v) is 10.7. The van der Waals surface area contributed by atoms with E-state index in [1.807, 2.05) is 37.1 Å². The molecule has 1 heterocycles. The van der Waals surface area contributed by atoms with Crippen LogP contribution in [0.2, 0.25) is 0 Å². The first kappa shape index (κ1) is 28.3. The van der Waals surface area contributed by atoms with E-state index in [0.717, 1.165) is 29.7 Å². The summed E-state index contributed by atoms with van der Waals surface area (Å²) in [4.78, 5) is 34.5. The largest absolute Gasteiger partial charge is 0.376 e. The molecule has 1 atom stereocenters. The minimum Gasteiger partial charge on any atom is -0.376 e. The summed E-state index contributed by atoms with van der Waals surface area (Å²) in [5.41, 5.74) is 6.53. The van der Waals surface area contributed by atoms with E-state index in [2.05, 4.69) is 59.7 Å². The van der Waals surface area contributed by atoms with Gasteiger partial charge in [-0.3, -0.25) is 9.59 Å². The molecule has 0 bridgehead atoms. The number of fused-ring (bicyclic) bond motifs is 1. The van der Waals surface area contributed by atoms with Gasteiger partial charge >= 0.3 is 0 Å². The van der Waals surface area contributed by atoms with Crippen molar-refractivity contribution in [1.82, 2.24) is 25.3 Å². The van der Waals surface area contributed by atoms with Gasteiger partial charge in [-0.25, -0.2) is 0 Å². The molecule has 0 saturated carbocycles. The normalized spacial score (nSPS) is 14.4. The fourth-order valence-corrected chi connectivity index (χ4v) is 4.99. The first-order valence-electron chi connectivity index (χ1n) is 13.6. The van der Waals surface area contributed by atoms with Gasteiger partial charge in [0.25, 0.3) is 0 Å². The zero-order valence-corrected chi connectivity index (χ0v) is 23.9. The van der Waals surface area contributed by atoms with Gasteiger partial charge in [-0.2, -0.15) is 4.98 Å². The van der Waals surface area contributed by atoms with E-state index in [-0.39, 0.29) is 37.0 Å². The highest BCUT2D eigenvalue weighted by molar-refractivity contribution is 5.87. The second-order valence-electron chi connectivity index (χ2n) is 10.7. The number of hydrogen-bond acceptors (Lipinski definition) is 7. The molecule has 0 radical (unpaired) electrons. The third-order valence-electron chi connectivity index (χ3n) is 7.41. The molecule has 2 N–H and O–H groups in total. The summed E-state index contributed by atoms with van der Waals surface area (Å²) in [5.74, 6) is 0.815. The lowest BCUT2D eigenvalue weighted by molar-refractivity contribution is -0.140. The van der Waals surface area contributed by atoms with Crippen molar-refractivity contribution >= 4 is 17.5 Å². The van der Waals surface area contributed by atoms with Gasteiger partial charge in [0.1, 0.15) is 0 Å². The maximum Gasteiger partial charge on any atom is 0.242 e. The average Bonchev–Trinajstić information content (AvgIpc) is 3.54. The fourth-order valence-electron chi connectivity index (χ4n) is 4.99. The van der Waals surface area contributed by atoms with E-state index in [4.69, 9.17) is 4.52 Å². The maximum atomic E-state index is 13.4. The Morgan fingerprint density at radius 2 is 1.87 bits per heavy atom. The molecule has 2 amide bonds. The van der Waals surface area contributed by atoms with Crippen LogP contribution in [0.1, 0.15) is 42.0 Å². The van der Waals surface area contributed by atoms with E-state index in [1.165, 1.54) is 16.7 Å². The van der Waals surface area contributed by atoms with Crippen LogP contribution in [0.4, 0.5) is 5.69 Å². The highest BCUT2D eigenvalue weighted by Crippen LogP contribution is 2.28. The minimum absolute atomic E-state index is 0.0454. The zero-order chi connectivity index (χ0) is 28.1. The average molecular weight is 533 g/mol. The molecule has 3 aromatic rings. The molecular weight excluding hydrogens is 492 g/mol. The third kappa shape index (κ3) is 7.03. The van der Waals surface area contributed by atoms with Crippen LogP contribution in [-0.2, 0) is 22.4 Å². The Hall–Kier alpha value is -3.72.